The Bertz CT molecular complexity index is 406. The van der Waals surface area contributed by atoms with Crippen molar-refractivity contribution in [3.8, 4) is 0 Å². The summed E-state index contributed by atoms with van der Waals surface area (Å²) in [7, 11) is 0. The fourth-order valence-electron chi connectivity index (χ4n) is 2.31. The molecule has 2 heterocycles. The van der Waals surface area contributed by atoms with Gasteiger partial charge in [0.2, 0.25) is 5.91 Å². The van der Waals surface area contributed by atoms with Crippen LogP contribution in [0.2, 0.25) is 0 Å². The van der Waals surface area contributed by atoms with Crippen LogP contribution in [0.3, 0.4) is 0 Å². The van der Waals surface area contributed by atoms with Gasteiger partial charge in [0.25, 0.3) is 0 Å². The summed E-state index contributed by atoms with van der Waals surface area (Å²) in [4.78, 5) is 14.1. The van der Waals surface area contributed by atoms with Crippen molar-refractivity contribution in [3.63, 3.8) is 0 Å². The monoisotopic (exact) mass is 282 g/mol. The van der Waals surface area contributed by atoms with Crippen LogP contribution in [-0.2, 0) is 9.53 Å². The van der Waals surface area contributed by atoms with Gasteiger partial charge in [-0.3, -0.25) is 4.79 Å². The quantitative estimate of drug-likeness (QED) is 0.920. The maximum atomic E-state index is 12.2. The molecule has 1 fully saturated rings. The van der Waals surface area contributed by atoms with E-state index < -0.39 is 0 Å². The first kappa shape index (κ1) is 14.5. The standard InChI is InChI=1S/C14H22N2O2S/c1-10(15)3-4-14(17)16-7-11(2)18-13(8-16)12-5-6-19-9-12/h5-6,9-11,13H,3-4,7-8,15H2,1-2H3. The first-order valence-electron chi connectivity index (χ1n) is 6.77. The van der Waals surface area contributed by atoms with Crippen LogP contribution in [0.15, 0.2) is 16.8 Å². The van der Waals surface area contributed by atoms with Crippen molar-refractivity contribution in [1.29, 1.82) is 0 Å². The van der Waals surface area contributed by atoms with Gasteiger partial charge in [-0.15, -0.1) is 0 Å². The molecule has 0 spiro atoms. The van der Waals surface area contributed by atoms with Crippen LogP contribution in [0.5, 0.6) is 0 Å². The Labute approximate surface area is 118 Å². The van der Waals surface area contributed by atoms with E-state index in [0.717, 1.165) is 6.42 Å². The summed E-state index contributed by atoms with van der Waals surface area (Å²) in [5.41, 5.74) is 6.88. The lowest BCUT2D eigenvalue weighted by atomic mass is 10.1. The fourth-order valence-corrected chi connectivity index (χ4v) is 3.01. The van der Waals surface area contributed by atoms with Crippen LogP contribution >= 0.6 is 11.3 Å². The molecule has 1 aliphatic rings. The van der Waals surface area contributed by atoms with Gasteiger partial charge in [-0.05, 0) is 42.7 Å². The average Bonchev–Trinajstić information content (AvgIpc) is 2.89. The lowest BCUT2D eigenvalue weighted by Gasteiger charge is -2.36. The van der Waals surface area contributed by atoms with Crippen LogP contribution in [0.1, 0.15) is 38.4 Å². The van der Waals surface area contributed by atoms with E-state index in [1.807, 2.05) is 24.1 Å². The molecule has 1 aromatic heterocycles. The number of thiophene rings is 1. The SMILES string of the molecule is CC(N)CCC(=O)N1CC(C)OC(c2ccsc2)C1. The van der Waals surface area contributed by atoms with Crippen LogP contribution in [0, 0.1) is 0 Å². The summed E-state index contributed by atoms with van der Waals surface area (Å²) in [6.07, 6.45) is 1.36. The molecule has 1 amide bonds. The third-order valence-electron chi connectivity index (χ3n) is 3.34. The zero-order chi connectivity index (χ0) is 13.8. The highest BCUT2D eigenvalue weighted by Crippen LogP contribution is 2.27. The molecule has 2 N–H and O–H groups in total. The molecular formula is C14H22N2O2S. The van der Waals surface area contributed by atoms with Gasteiger partial charge in [0.1, 0.15) is 6.10 Å². The molecule has 0 radical (unpaired) electrons. The van der Waals surface area contributed by atoms with Gasteiger partial charge in [-0.25, -0.2) is 0 Å². The van der Waals surface area contributed by atoms with Crippen molar-refractivity contribution >= 4 is 17.2 Å². The molecule has 106 valence electrons. The van der Waals surface area contributed by atoms with Crippen molar-refractivity contribution in [2.45, 2.75) is 44.9 Å². The molecule has 4 nitrogen and oxygen atoms in total. The molecule has 19 heavy (non-hydrogen) atoms. The van der Waals surface area contributed by atoms with E-state index in [9.17, 15) is 4.79 Å². The Balaban J connectivity index is 1.96. The van der Waals surface area contributed by atoms with Gasteiger partial charge in [0, 0.05) is 19.0 Å². The summed E-state index contributed by atoms with van der Waals surface area (Å²) in [5.74, 6) is 0.188. The summed E-state index contributed by atoms with van der Waals surface area (Å²) in [5, 5.41) is 4.13. The summed E-state index contributed by atoms with van der Waals surface area (Å²) >= 11 is 1.66. The Morgan fingerprint density at radius 3 is 3.05 bits per heavy atom. The number of ether oxygens (including phenoxy) is 1. The van der Waals surface area contributed by atoms with Gasteiger partial charge in [0.15, 0.2) is 0 Å². The Hall–Kier alpha value is -0.910. The van der Waals surface area contributed by atoms with Crippen molar-refractivity contribution in [3.05, 3.63) is 22.4 Å². The van der Waals surface area contributed by atoms with Crippen molar-refractivity contribution in [1.82, 2.24) is 4.90 Å². The van der Waals surface area contributed by atoms with E-state index in [2.05, 4.69) is 11.4 Å². The Kier molecular flexibility index (Phi) is 4.96. The number of carbonyl (C=O) groups is 1. The lowest BCUT2D eigenvalue weighted by Crippen LogP contribution is -2.46. The molecule has 1 aliphatic heterocycles. The first-order chi connectivity index (χ1) is 9.06. The van der Waals surface area contributed by atoms with Gasteiger partial charge in [-0.1, -0.05) is 0 Å². The third-order valence-corrected chi connectivity index (χ3v) is 4.04. The van der Waals surface area contributed by atoms with E-state index in [1.165, 1.54) is 5.56 Å². The van der Waals surface area contributed by atoms with E-state index in [-0.39, 0.29) is 24.2 Å². The van der Waals surface area contributed by atoms with Crippen LogP contribution in [0.25, 0.3) is 0 Å². The number of rotatable bonds is 4. The minimum absolute atomic E-state index is 0.00856. The number of nitrogens with two attached hydrogens (primary N) is 1. The number of carbonyl (C=O) groups excluding carboxylic acids is 1. The number of morpholine rings is 1. The summed E-state index contributed by atoms with van der Waals surface area (Å²) in [6.45, 7) is 5.28. The second-order valence-electron chi connectivity index (χ2n) is 5.31. The fraction of sp³-hybridized carbons (Fsp3) is 0.643. The zero-order valence-electron chi connectivity index (χ0n) is 11.5. The Morgan fingerprint density at radius 2 is 2.42 bits per heavy atom. The van der Waals surface area contributed by atoms with Crippen molar-refractivity contribution < 1.29 is 9.53 Å². The number of nitrogens with zero attached hydrogens (tertiary/aromatic N) is 1. The molecule has 0 bridgehead atoms. The number of hydrogen-bond donors (Lipinski definition) is 1. The molecule has 0 aromatic carbocycles. The summed E-state index contributed by atoms with van der Waals surface area (Å²) < 4.78 is 5.92. The second kappa shape index (κ2) is 6.50. The maximum absolute atomic E-state index is 12.2. The van der Waals surface area contributed by atoms with Gasteiger partial charge >= 0.3 is 0 Å². The number of hydrogen-bond acceptors (Lipinski definition) is 4. The average molecular weight is 282 g/mol. The molecule has 3 atom stereocenters. The van der Waals surface area contributed by atoms with E-state index in [1.54, 1.807) is 11.3 Å². The van der Waals surface area contributed by atoms with Gasteiger partial charge < -0.3 is 15.4 Å². The van der Waals surface area contributed by atoms with E-state index in [4.69, 9.17) is 10.5 Å². The van der Waals surface area contributed by atoms with Gasteiger partial charge in [0.05, 0.1) is 12.6 Å². The molecule has 1 aromatic rings. The molecular weight excluding hydrogens is 260 g/mol. The zero-order valence-corrected chi connectivity index (χ0v) is 12.4. The predicted molar refractivity (Wildman–Crippen MR) is 77.1 cm³/mol. The number of amides is 1. The smallest absolute Gasteiger partial charge is 0.222 e. The van der Waals surface area contributed by atoms with Gasteiger partial charge in [-0.2, -0.15) is 11.3 Å². The third kappa shape index (κ3) is 4.03. The topological polar surface area (TPSA) is 55.6 Å². The lowest BCUT2D eigenvalue weighted by molar-refractivity contribution is -0.145. The largest absolute Gasteiger partial charge is 0.367 e. The molecule has 3 unspecified atom stereocenters. The van der Waals surface area contributed by atoms with Crippen LogP contribution < -0.4 is 5.73 Å². The molecule has 0 saturated carbocycles. The highest BCUT2D eigenvalue weighted by Gasteiger charge is 2.29. The first-order valence-corrected chi connectivity index (χ1v) is 7.71. The van der Waals surface area contributed by atoms with E-state index >= 15 is 0 Å². The van der Waals surface area contributed by atoms with Crippen LogP contribution in [0.4, 0.5) is 0 Å². The molecule has 2 rings (SSSR count). The second-order valence-corrected chi connectivity index (χ2v) is 6.09. The predicted octanol–water partition coefficient (Wildman–Crippen LogP) is 2.16. The molecule has 1 saturated heterocycles. The molecule has 5 heteroatoms. The highest BCUT2D eigenvalue weighted by molar-refractivity contribution is 7.07. The minimum Gasteiger partial charge on any atom is -0.367 e. The van der Waals surface area contributed by atoms with Crippen LogP contribution in [-0.4, -0.2) is 36.0 Å². The summed E-state index contributed by atoms with van der Waals surface area (Å²) in [6, 6.07) is 2.15. The maximum Gasteiger partial charge on any atom is 0.222 e. The normalized spacial score (nSPS) is 25.3. The Morgan fingerprint density at radius 1 is 1.63 bits per heavy atom. The molecule has 0 aliphatic carbocycles. The highest BCUT2D eigenvalue weighted by atomic mass is 32.1. The van der Waals surface area contributed by atoms with E-state index in [0.29, 0.717) is 19.5 Å². The van der Waals surface area contributed by atoms with Crippen molar-refractivity contribution in [2.24, 2.45) is 5.73 Å². The van der Waals surface area contributed by atoms with Crippen molar-refractivity contribution in [2.75, 3.05) is 13.1 Å². The minimum atomic E-state index is 0.00856.